The Hall–Kier alpha value is -4.54. The van der Waals surface area contributed by atoms with E-state index in [0.29, 0.717) is 22.9 Å². The Kier molecular flexibility index (Phi) is 7.37. The number of aromatic nitrogens is 5. The molecule has 240 valence electrons. The van der Waals surface area contributed by atoms with Crippen LogP contribution < -0.4 is 9.30 Å². The summed E-state index contributed by atoms with van der Waals surface area (Å²) in [4.78, 5) is 9.09. The van der Waals surface area contributed by atoms with Crippen LogP contribution in [0, 0.1) is 23.9 Å². The van der Waals surface area contributed by atoms with Gasteiger partial charge < -0.3 is 9.30 Å². The zero-order chi connectivity index (χ0) is 35.6. The van der Waals surface area contributed by atoms with Crippen molar-refractivity contribution in [2.24, 2.45) is 5.41 Å². The first-order chi connectivity index (χ1) is 23.6. The van der Waals surface area contributed by atoms with Gasteiger partial charge in [0.1, 0.15) is 5.82 Å². The molecule has 47 heavy (non-hydrogen) atoms. The molecule has 7 heteroatoms. The van der Waals surface area contributed by atoms with E-state index in [1.807, 2.05) is 79.9 Å². The van der Waals surface area contributed by atoms with Gasteiger partial charge in [-0.05, 0) is 69.8 Å². The maximum absolute atomic E-state index is 8.87. The van der Waals surface area contributed by atoms with Crippen molar-refractivity contribution >= 4 is 21.8 Å². The molecule has 0 N–H and O–H groups in total. The van der Waals surface area contributed by atoms with Gasteiger partial charge in [-0.25, -0.2) is 4.98 Å². The molecule has 0 saturated carbocycles. The van der Waals surface area contributed by atoms with Crippen LogP contribution in [0.25, 0.3) is 39.1 Å². The van der Waals surface area contributed by atoms with Crippen molar-refractivity contribution in [3.63, 3.8) is 0 Å². The monoisotopic (exact) mass is 802 g/mol. The number of imidazole rings is 1. The summed E-state index contributed by atoms with van der Waals surface area (Å²) < 4.78 is 46.3. The molecule has 0 aliphatic carbocycles. The molecule has 0 bridgehead atoms. The van der Waals surface area contributed by atoms with Crippen LogP contribution in [0.1, 0.15) is 58.2 Å². The molecular weight excluding hydrogens is 762 g/mol. The van der Waals surface area contributed by atoms with Crippen LogP contribution in [0.4, 0.5) is 0 Å². The van der Waals surface area contributed by atoms with Crippen LogP contribution in [-0.4, -0.2) is 19.1 Å². The number of pyridine rings is 2. The van der Waals surface area contributed by atoms with Crippen molar-refractivity contribution in [1.82, 2.24) is 19.1 Å². The molecule has 7 rings (SSSR count). The molecule has 0 radical (unpaired) electrons. The summed E-state index contributed by atoms with van der Waals surface area (Å²) in [7, 11) is 0. The third-order valence-electron chi connectivity index (χ3n) is 7.58. The van der Waals surface area contributed by atoms with E-state index >= 15 is 0 Å². The Morgan fingerprint density at radius 3 is 2.45 bits per heavy atom. The number of ether oxygens (including phenoxy) is 1. The van der Waals surface area contributed by atoms with Crippen LogP contribution in [0.3, 0.4) is 0 Å². The Labute approximate surface area is 296 Å². The largest absolute Gasteiger partial charge is 0.522 e. The summed E-state index contributed by atoms with van der Waals surface area (Å²) in [6.07, 6.45) is 4.61. The number of fused-ring (bicyclic) bond motifs is 3. The average molecular weight is 803 g/mol. The molecular formula is C40H37N5OPt-2. The summed E-state index contributed by atoms with van der Waals surface area (Å²) in [6.45, 7) is 12.1. The normalized spacial score (nSPS) is 13.5. The molecule has 6 nitrogen and oxygen atoms in total. The van der Waals surface area contributed by atoms with Gasteiger partial charge in [0.15, 0.2) is 0 Å². The Bertz CT molecular complexity index is 2410. The molecule has 4 heterocycles. The van der Waals surface area contributed by atoms with Crippen molar-refractivity contribution in [2.45, 2.75) is 53.3 Å². The van der Waals surface area contributed by atoms with Crippen molar-refractivity contribution in [3.8, 4) is 28.8 Å². The summed E-state index contributed by atoms with van der Waals surface area (Å²) in [5.74, 6) is 1.61. The van der Waals surface area contributed by atoms with Crippen LogP contribution in [0.15, 0.2) is 104 Å². The molecule has 0 aliphatic rings. The molecule has 0 amide bonds. The first-order valence-corrected chi connectivity index (χ1v) is 15.3. The van der Waals surface area contributed by atoms with Gasteiger partial charge in [0.25, 0.3) is 6.33 Å². The van der Waals surface area contributed by atoms with Gasteiger partial charge in [0.2, 0.25) is 0 Å². The molecule has 4 aromatic heterocycles. The minimum Gasteiger partial charge on any atom is -0.522 e. The predicted molar refractivity (Wildman–Crippen MR) is 182 cm³/mol. The standard InChI is InChI=1S/C40H37N5O.Pt/c1-39(2,3)26-28-16-18-42-38(22-28)45-35-13-8-7-12-33(35)34-15-14-31(24-36(34)45)46-32-17-19-41-37(25-32)44-21-20-43(27-44)30-11-9-10-29(23-30)40(4,5)6;/h7-23H,26H2,1-6H3;/q-2;/i20D,21D,26D2;. The fraction of sp³-hybridized carbons (Fsp3) is 0.225. The van der Waals surface area contributed by atoms with Crippen molar-refractivity contribution in [2.75, 3.05) is 0 Å². The number of nitrogens with zero attached hydrogens (tertiary/aromatic N) is 5. The number of hydrogen-bond acceptors (Lipinski definition) is 3. The van der Waals surface area contributed by atoms with Gasteiger partial charge in [-0.2, -0.15) is 18.2 Å². The molecule has 0 unspecified atom stereocenters. The number of para-hydroxylation sites is 1. The van der Waals surface area contributed by atoms with Crippen molar-refractivity contribution in [3.05, 3.63) is 133 Å². The quantitative estimate of drug-likeness (QED) is 0.125. The number of benzene rings is 3. The van der Waals surface area contributed by atoms with Gasteiger partial charge in [0.05, 0.1) is 14.2 Å². The second-order valence-corrected chi connectivity index (χ2v) is 13.4. The molecule has 0 saturated heterocycles. The van der Waals surface area contributed by atoms with Gasteiger partial charge in [-0.15, -0.1) is 17.5 Å². The Morgan fingerprint density at radius 2 is 1.64 bits per heavy atom. The first-order valence-electron chi connectivity index (χ1n) is 17.3. The van der Waals surface area contributed by atoms with E-state index in [1.54, 1.807) is 30.6 Å². The van der Waals surface area contributed by atoms with E-state index in [9.17, 15) is 0 Å². The predicted octanol–water partition coefficient (Wildman–Crippen LogP) is 8.72. The zero-order valence-corrected chi connectivity index (χ0v) is 29.4. The van der Waals surface area contributed by atoms with Gasteiger partial charge in [-0.1, -0.05) is 83.6 Å². The average Bonchev–Trinajstić information content (AvgIpc) is 3.57. The zero-order valence-electron chi connectivity index (χ0n) is 31.1. The maximum Gasteiger partial charge on any atom is 0.268 e. The molecule has 7 aromatic rings. The van der Waals surface area contributed by atoms with Crippen molar-refractivity contribution in [1.29, 1.82) is 0 Å². The molecule has 0 spiro atoms. The smallest absolute Gasteiger partial charge is 0.268 e. The summed E-state index contributed by atoms with van der Waals surface area (Å²) >= 11 is 0. The van der Waals surface area contributed by atoms with Crippen LogP contribution in [-0.2, 0) is 32.9 Å². The van der Waals surface area contributed by atoms with Crippen LogP contribution in [0.5, 0.6) is 11.5 Å². The van der Waals surface area contributed by atoms with Crippen molar-refractivity contribution < 1.29 is 35.9 Å². The number of hydrogen-bond donors (Lipinski definition) is 0. The van der Waals surface area contributed by atoms with E-state index in [0.717, 1.165) is 33.1 Å². The third-order valence-corrected chi connectivity index (χ3v) is 7.58. The Morgan fingerprint density at radius 1 is 0.851 bits per heavy atom. The minimum atomic E-state index is -1.59. The second kappa shape index (κ2) is 12.6. The molecule has 0 fully saturated rings. The van der Waals surface area contributed by atoms with Crippen LogP contribution >= 0.6 is 0 Å². The van der Waals surface area contributed by atoms with Gasteiger partial charge in [-0.3, -0.25) is 14.1 Å². The van der Waals surface area contributed by atoms with E-state index in [1.165, 1.54) is 9.13 Å². The van der Waals surface area contributed by atoms with E-state index in [-0.39, 0.29) is 44.6 Å². The maximum atomic E-state index is 8.87. The SMILES string of the molecule is [2H]c1c([2H])[n+](-c2cccc(C(C)(C)C)c2)[c-]n1-c1[c-]c(Oc2[c-]c3c(cc2)c2ccccc2n3-c2cc(C([2H])([2H])C(C)(C)C)ccn2)ccn1.[Pt]. The third kappa shape index (κ3) is 6.80. The van der Waals surface area contributed by atoms with Gasteiger partial charge >= 0.3 is 0 Å². The molecule has 0 atom stereocenters. The summed E-state index contributed by atoms with van der Waals surface area (Å²) in [5, 5.41) is 1.95. The Balaban J connectivity index is 0.00000448. The topological polar surface area (TPSA) is 48.8 Å². The number of rotatable bonds is 6. The minimum absolute atomic E-state index is 0. The second-order valence-electron chi connectivity index (χ2n) is 13.4. The van der Waals surface area contributed by atoms with E-state index < -0.39 is 11.8 Å². The van der Waals surface area contributed by atoms with E-state index in [2.05, 4.69) is 55.3 Å². The van der Waals surface area contributed by atoms with Crippen LogP contribution in [0.2, 0.25) is 0 Å². The fourth-order valence-corrected chi connectivity index (χ4v) is 5.46. The summed E-state index contributed by atoms with van der Waals surface area (Å²) in [5.41, 5.74) is 3.31. The first kappa shape index (κ1) is 27.6. The fourth-order valence-electron chi connectivity index (χ4n) is 5.46. The molecule has 3 aromatic carbocycles. The van der Waals surface area contributed by atoms with Gasteiger partial charge in [0, 0.05) is 53.6 Å². The summed E-state index contributed by atoms with van der Waals surface area (Å²) in [6, 6.07) is 31.5. The molecule has 0 aliphatic heterocycles. The van der Waals surface area contributed by atoms with E-state index in [4.69, 9.17) is 10.2 Å².